The minimum Gasteiger partial charge on any atom is -0.380 e. The predicted molar refractivity (Wildman–Crippen MR) is 414 cm³/mol. The molecule has 0 bridgehead atoms. The molecule has 4 aromatic heterocycles. The van der Waals surface area contributed by atoms with Gasteiger partial charge in [0.2, 0.25) is 21.8 Å². The number of sulfonamides is 1. The van der Waals surface area contributed by atoms with Crippen LogP contribution in [0.25, 0.3) is 0 Å². The van der Waals surface area contributed by atoms with Gasteiger partial charge in [0.25, 0.3) is 64.6 Å². The van der Waals surface area contributed by atoms with Crippen LogP contribution in [0.3, 0.4) is 0 Å². The van der Waals surface area contributed by atoms with E-state index in [0.717, 1.165) is 29.5 Å². The van der Waals surface area contributed by atoms with Crippen LogP contribution in [0.4, 0.5) is 43.4 Å². The van der Waals surface area contributed by atoms with Crippen LogP contribution in [-0.4, -0.2) is 198 Å². The summed E-state index contributed by atoms with van der Waals surface area (Å²) in [7, 11) is -3.37. The molecule has 11 heterocycles. The van der Waals surface area contributed by atoms with Gasteiger partial charge in [0.1, 0.15) is 45.5 Å². The van der Waals surface area contributed by atoms with Crippen LogP contribution in [0.5, 0.6) is 0 Å². The van der Waals surface area contributed by atoms with Gasteiger partial charge in [0.05, 0.1) is 53.3 Å². The molecule has 17 rings (SSSR count). The second kappa shape index (κ2) is 29.8. The number of anilines is 3. The molecular formula is C80H83Cl2F6N15O14S. The van der Waals surface area contributed by atoms with Gasteiger partial charge < -0.3 is 60.1 Å². The maximum atomic E-state index is 14.2. The van der Waals surface area contributed by atoms with Crippen molar-refractivity contribution in [2.75, 3.05) is 74.7 Å². The predicted octanol–water partition coefficient (Wildman–Crippen LogP) is 8.50. The van der Waals surface area contributed by atoms with Crippen molar-refractivity contribution in [3.8, 4) is 0 Å². The van der Waals surface area contributed by atoms with Crippen LogP contribution in [0, 0.1) is 64.0 Å². The Morgan fingerprint density at radius 3 is 1.20 bits per heavy atom. The van der Waals surface area contributed by atoms with Crippen molar-refractivity contribution in [1.29, 1.82) is 0 Å². The zero-order valence-corrected chi connectivity index (χ0v) is 67.5. The molecule has 0 atom stereocenters. The number of alkyl halides is 4. The third kappa shape index (κ3) is 14.8. The van der Waals surface area contributed by atoms with Crippen molar-refractivity contribution < 1.29 is 92.2 Å². The van der Waals surface area contributed by atoms with E-state index in [2.05, 4.69) is 47.3 Å². The van der Waals surface area contributed by atoms with E-state index < -0.39 is 146 Å². The molecule has 8 amide bonds. The van der Waals surface area contributed by atoms with Crippen LogP contribution in [0.1, 0.15) is 176 Å². The molecule has 7 N–H and O–H groups in total. The van der Waals surface area contributed by atoms with Crippen LogP contribution in [0.15, 0.2) is 54.7 Å². The Labute approximate surface area is 681 Å². The first-order chi connectivity index (χ1) is 55.5. The number of nitrogens with zero attached hydrogens (tertiary/aromatic N) is 8. The van der Waals surface area contributed by atoms with E-state index in [1.165, 1.54) is 27.2 Å². The quantitative estimate of drug-likeness (QED) is 0.0227. The molecule has 29 nitrogen and oxygen atoms in total. The van der Waals surface area contributed by atoms with Crippen LogP contribution in [-0.2, 0) is 83.2 Å². The van der Waals surface area contributed by atoms with Crippen molar-refractivity contribution in [2.24, 2.45) is 10.8 Å². The minimum atomic E-state index is -3.37. The zero-order chi connectivity index (χ0) is 84.8. The number of likely N-dealkylation sites (tertiary alicyclic amines) is 2. The third-order valence-electron chi connectivity index (χ3n) is 24.3. The van der Waals surface area contributed by atoms with Crippen molar-refractivity contribution in [2.45, 2.75) is 167 Å². The van der Waals surface area contributed by atoms with Gasteiger partial charge in [0, 0.05) is 140 Å². The lowest BCUT2D eigenvalue weighted by Crippen LogP contribution is -2.78. The maximum Gasteiger partial charge on any atom is 0.293 e. The second-order valence-corrected chi connectivity index (χ2v) is 36.0. The van der Waals surface area contributed by atoms with E-state index in [4.69, 9.17) is 27.9 Å². The summed E-state index contributed by atoms with van der Waals surface area (Å²) < 4.78 is 119. The summed E-state index contributed by atoms with van der Waals surface area (Å²) in [4.78, 5) is 149. The molecule has 118 heavy (non-hydrogen) atoms. The van der Waals surface area contributed by atoms with E-state index in [1.807, 2.05) is 13.8 Å². The summed E-state index contributed by atoms with van der Waals surface area (Å²) >= 11 is 12.4. The average molecular weight is 1700 g/mol. The molecule has 3 saturated carbocycles. The first kappa shape index (κ1) is 82.5. The molecular weight excluding hydrogens is 1610 g/mol. The van der Waals surface area contributed by atoms with Gasteiger partial charge in [-0.15, -0.1) is 0 Å². The first-order valence-electron chi connectivity index (χ1n) is 38.4. The number of aryl methyl sites for hydroxylation is 2. The number of rotatable bonds is 19. The summed E-state index contributed by atoms with van der Waals surface area (Å²) in [6.07, 6.45) is 3.71. The number of halogens is 8. The van der Waals surface area contributed by atoms with Gasteiger partial charge in [-0.05, 0) is 157 Å². The van der Waals surface area contributed by atoms with E-state index >= 15 is 0 Å². The Morgan fingerprint density at radius 1 is 0.500 bits per heavy atom. The smallest absolute Gasteiger partial charge is 0.293 e. The second-order valence-electron chi connectivity index (χ2n) is 33.2. The van der Waals surface area contributed by atoms with Crippen LogP contribution < -0.4 is 31.9 Å². The third-order valence-corrected chi connectivity index (χ3v) is 26.3. The summed E-state index contributed by atoms with van der Waals surface area (Å²) in [5.41, 5.74) is 1.46. The molecule has 7 aromatic rings. The monoisotopic (exact) mass is 1690 g/mol. The van der Waals surface area contributed by atoms with Gasteiger partial charge in [-0.2, -0.15) is 15.4 Å². The van der Waals surface area contributed by atoms with Crippen LogP contribution in [0.2, 0.25) is 10.0 Å². The van der Waals surface area contributed by atoms with Crippen molar-refractivity contribution in [3.63, 3.8) is 0 Å². The van der Waals surface area contributed by atoms with Crippen molar-refractivity contribution in [1.82, 2.24) is 59.2 Å². The van der Waals surface area contributed by atoms with Crippen molar-refractivity contribution >= 4 is 115 Å². The van der Waals surface area contributed by atoms with Gasteiger partial charge in [-0.3, -0.25) is 52.7 Å². The molecule has 4 saturated heterocycles. The SMILES string of the molecule is Cc1c(F)cc(NC(=O)c2c(C)c(C(=O)C(=O)NC3(c4cn[nH]n4)CC3)c3n2CCC3)cc1F.Cc1ccc(NC(=O)c2c(C)c(C(=O)C(=O)NC3(C(=O)N4CC5(C4)CN(S(C)(=O)=O)C5)CC(F)(F)C3)c3n2CCC3)cc1Cl.Cc1ccc(NC(=O)c2c(C)c(C(=O)C(=O)NC3(C(=O)N4CC5(COC5)C4)CC(F)(F)C3)c3n2CCC3)cc1Cl. The highest BCUT2D eigenvalue weighted by Gasteiger charge is 2.68. The summed E-state index contributed by atoms with van der Waals surface area (Å²) in [5, 5.41) is 26.9. The largest absolute Gasteiger partial charge is 0.380 e. The maximum absolute atomic E-state index is 14.2. The van der Waals surface area contributed by atoms with E-state index in [-0.39, 0.29) is 82.2 Å². The highest BCUT2D eigenvalue weighted by atomic mass is 35.5. The number of ether oxygens (including phenoxy) is 1. The number of hydrogen-bond donors (Lipinski definition) is 7. The van der Waals surface area contributed by atoms with Gasteiger partial charge in [-0.25, -0.2) is 39.1 Å². The van der Waals surface area contributed by atoms with E-state index in [9.17, 15) is 87.5 Å². The topological polar surface area (TPSA) is 369 Å². The van der Waals surface area contributed by atoms with Gasteiger partial charge in [0.15, 0.2) is 0 Å². The summed E-state index contributed by atoms with van der Waals surface area (Å²) in [5.74, 6) is -16.6. The number of nitrogens with one attached hydrogen (secondary N) is 7. The molecule has 7 aliphatic heterocycles. The number of carbonyl (C=O) groups excluding carboxylic acids is 11. The normalized spacial score (nSPS) is 19.5. The Balaban J connectivity index is 0.000000140. The molecule has 3 aromatic carbocycles. The molecule has 3 aliphatic carbocycles. The van der Waals surface area contributed by atoms with E-state index in [1.54, 1.807) is 70.9 Å². The number of aromatic amines is 1. The molecule has 624 valence electrons. The molecule has 2 spiro atoms. The lowest BCUT2D eigenvalue weighted by atomic mass is 9.68. The number of benzene rings is 3. The number of carbonyl (C=O) groups is 11. The zero-order valence-electron chi connectivity index (χ0n) is 65.2. The fraction of sp³-hybridized carbons (Fsp3) is 0.463. The molecule has 7 fully saturated rings. The molecule has 10 aliphatic rings. The minimum absolute atomic E-state index is 0.0269. The number of aromatic nitrogens is 6. The number of Topliss-reactive ketones (excluding diaryl/α,β-unsaturated/α-hetero) is 3. The van der Waals surface area contributed by atoms with Crippen LogP contribution >= 0.6 is 23.2 Å². The first-order valence-corrected chi connectivity index (χ1v) is 41.0. The average Bonchev–Trinajstić information content (AvgIpc) is 1.13. The number of fused-ring (bicyclic) bond motifs is 3. The molecule has 0 radical (unpaired) electrons. The Hall–Kier alpha value is -10.6. The van der Waals surface area contributed by atoms with Crippen molar-refractivity contribution in [3.05, 3.63) is 166 Å². The standard InChI is InChI=1S/C29H32ClF2N5O6S.C28H29ClF2N4O5.C23H22F2N6O3/c1-16-6-7-18(9-19(16)30)33-24(39)22-17(2)21(20-5-4-8-37(20)22)23(38)25(40)34-28(10-29(31,32)11-28)26(41)35-12-27(13-35)14-36(15-27)44(3,42)43;1-15-5-6-17(8-18(15)29)32-23(37)21-16(2)20(19-4-3-7-35(19)21)22(36)24(38)33-27(9-28(30,31)10-27)25(39)34-11-26(12-34)13-40-14-26;1-11-14(24)8-13(9-15(11)25)27-21(33)19-12(2)18(16-4-3-7-31(16)19)20(32)22(34)28-23(5-6-23)17-10-26-30-29-17/h6-7,9H,4-5,8,10-15H2,1-3H3,(H,33,39)(H,34,40);5-6,8H,3-4,7,9-14H2,1-2H3,(H,32,37)(H,33,38);8-10H,3-7H2,1-2H3,(H,27,33)(H,28,34)(H,26,29,30). The highest BCUT2D eigenvalue weighted by molar-refractivity contribution is 7.88. The lowest BCUT2D eigenvalue weighted by molar-refractivity contribution is -0.211. The fourth-order valence-electron chi connectivity index (χ4n) is 18.1. The lowest BCUT2D eigenvalue weighted by Gasteiger charge is -2.61. The molecule has 0 unspecified atom stereocenters. The van der Waals surface area contributed by atoms with E-state index in [0.29, 0.717) is 153 Å². The van der Waals surface area contributed by atoms with Gasteiger partial charge in [-0.1, -0.05) is 35.3 Å². The molecule has 38 heteroatoms. The van der Waals surface area contributed by atoms with Gasteiger partial charge >= 0.3 is 0 Å². The Morgan fingerprint density at radius 2 is 0.873 bits per heavy atom. The number of H-pyrrole nitrogens is 1. The summed E-state index contributed by atoms with van der Waals surface area (Å²) in [6, 6.07) is 12.2. The Kier molecular flexibility index (Phi) is 20.8. The number of amides is 8. The fourth-order valence-corrected chi connectivity index (χ4v) is 19.5. The summed E-state index contributed by atoms with van der Waals surface area (Å²) in [6.45, 7) is 13.7. The number of ketones is 3. The Bertz CT molecular complexity index is 5590. The number of hydrogen-bond acceptors (Lipinski definition) is 16. The highest BCUT2D eigenvalue weighted by Crippen LogP contribution is 2.52.